The van der Waals surface area contributed by atoms with E-state index in [-0.39, 0.29) is 0 Å². The van der Waals surface area contributed by atoms with Crippen LogP contribution in [0.25, 0.3) is 0 Å². The molecule has 0 saturated heterocycles. The molecule has 1 saturated carbocycles. The molecule has 14 heavy (non-hydrogen) atoms. The summed E-state index contributed by atoms with van der Waals surface area (Å²) in [4.78, 5) is 0. The zero-order valence-electron chi connectivity index (χ0n) is 9.24. The van der Waals surface area contributed by atoms with Crippen molar-refractivity contribution in [2.24, 2.45) is 13.0 Å². The van der Waals surface area contributed by atoms with Crippen LogP contribution < -0.4 is 0 Å². The van der Waals surface area contributed by atoms with Gasteiger partial charge >= 0.3 is 0 Å². The second-order valence-electron chi connectivity index (χ2n) is 4.60. The molecule has 1 heterocycles. The van der Waals surface area contributed by atoms with E-state index in [1.54, 1.807) is 0 Å². The fraction of sp³-hybridized carbons (Fsp3) is 0.750. The summed E-state index contributed by atoms with van der Waals surface area (Å²) in [6.07, 6.45) is 8.87. The van der Waals surface area contributed by atoms with E-state index in [9.17, 15) is 0 Å². The number of aromatic nitrogens is 2. The summed E-state index contributed by atoms with van der Waals surface area (Å²) >= 11 is 0. The van der Waals surface area contributed by atoms with Crippen LogP contribution in [0.2, 0.25) is 0 Å². The quantitative estimate of drug-likeness (QED) is 0.625. The normalized spacial score (nSPS) is 28.7. The molecule has 0 radical (unpaired) electrons. The Morgan fingerprint density at radius 2 is 2.07 bits per heavy atom. The van der Waals surface area contributed by atoms with Gasteiger partial charge in [0, 0.05) is 24.9 Å². The Morgan fingerprint density at radius 1 is 1.29 bits per heavy atom. The first-order chi connectivity index (χ1) is 6.79. The summed E-state index contributed by atoms with van der Waals surface area (Å²) in [5.41, 5.74) is 1.43. The van der Waals surface area contributed by atoms with Crippen molar-refractivity contribution in [2.45, 2.75) is 44.9 Å². The molecule has 1 aliphatic carbocycles. The molecule has 78 valence electrons. The SMILES string of the molecule is C[C@H]1CCCCC[C@@H]1c1ccnn1C. The minimum absolute atomic E-state index is 0.741. The van der Waals surface area contributed by atoms with E-state index in [0.717, 1.165) is 11.8 Å². The van der Waals surface area contributed by atoms with Gasteiger partial charge in [0.15, 0.2) is 0 Å². The largest absolute Gasteiger partial charge is 0.272 e. The molecular formula is C12H20N2. The number of hydrogen-bond acceptors (Lipinski definition) is 1. The lowest BCUT2D eigenvalue weighted by Crippen LogP contribution is -2.12. The summed E-state index contributed by atoms with van der Waals surface area (Å²) < 4.78 is 2.05. The van der Waals surface area contributed by atoms with Crippen molar-refractivity contribution in [3.63, 3.8) is 0 Å². The Balaban J connectivity index is 2.19. The van der Waals surface area contributed by atoms with E-state index in [1.807, 2.05) is 10.9 Å². The maximum Gasteiger partial charge on any atom is 0.0492 e. The third-order valence-corrected chi connectivity index (χ3v) is 3.60. The highest BCUT2D eigenvalue weighted by Crippen LogP contribution is 2.35. The average Bonchev–Trinajstić information content (AvgIpc) is 2.46. The maximum absolute atomic E-state index is 4.27. The molecule has 0 aliphatic heterocycles. The van der Waals surface area contributed by atoms with E-state index >= 15 is 0 Å². The van der Waals surface area contributed by atoms with Gasteiger partial charge in [0.2, 0.25) is 0 Å². The standard InChI is InChI=1S/C12H20N2/c1-10-6-4-3-5-7-11(10)12-8-9-13-14(12)2/h8-11H,3-7H2,1-2H3/t10-,11-/m0/s1. The van der Waals surface area contributed by atoms with Crippen molar-refractivity contribution >= 4 is 0 Å². The van der Waals surface area contributed by atoms with Gasteiger partial charge in [-0.1, -0.05) is 32.6 Å². The van der Waals surface area contributed by atoms with Crippen molar-refractivity contribution in [3.8, 4) is 0 Å². The number of hydrogen-bond donors (Lipinski definition) is 0. The minimum Gasteiger partial charge on any atom is -0.272 e. The molecule has 1 aromatic heterocycles. The third kappa shape index (κ3) is 1.84. The minimum atomic E-state index is 0.741. The number of nitrogens with zero attached hydrogens (tertiary/aromatic N) is 2. The fourth-order valence-electron chi connectivity index (χ4n) is 2.68. The van der Waals surface area contributed by atoms with Gasteiger partial charge in [0.25, 0.3) is 0 Å². The molecule has 2 heteroatoms. The van der Waals surface area contributed by atoms with E-state index in [0.29, 0.717) is 0 Å². The number of aryl methyl sites for hydroxylation is 1. The van der Waals surface area contributed by atoms with E-state index in [1.165, 1.54) is 37.8 Å². The van der Waals surface area contributed by atoms with Crippen LogP contribution in [-0.2, 0) is 7.05 Å². The Labute approximate surface area is 86.3 Å². The highest BCUT2D eigenvalue weighted by atomic mass is 15.3. The zero-order chi connectivity index (χ0) is 9.97. The van der Waals surface area contributed by atoms with Gasteiger partial charge in [-0.3, -0.25) is 4.68 Å². The van der Waals surface area contributed by atoms with Gasteiger partial charge in [0.05, 0.1) is 0 Å². The Morgan fingerprint density at radius 3 is 2.79 bits per heavy atom. The lowest BCUT2D eigenvalue weighted by atomic mass is 9.87. The van der Waals surface area contributed by atoms with Crippen molar-refractivity contribution in [1.29, 1.82) is 0 Å². The third-order valence-electron chi connectivity index (χ3n) is 3.60. The highest BCUT2D eigenvalue weighted by Gasteiger charge is 2.23. The fourth-order valence-corrected chi connectivity index (χ4v) is 2.68. The van der Waals surface area contributed by atoms with Crippen LogP contribution in [0.1, 0.15) is 50.6 Å². The molecule has 2 atom stereocenters. The van der Waals surface area contributed by atoms with Crippen molar-refractivity contribution in [1.82, 2.24) is 9.78 Å². The van der Waals surface area contributed by atoms with Crippen LogP contribution >= 0.6 is 0 Å². The van der Waals surface area contributed by atoms with Crippen LogP contribution in [0.3, 0.4) is 0 Å². The predicted molar refractivity (Wildman–Crippen MR) is 58.2 cm³/mol. The molecule has 2 nitrogen and oxygen atoms in total. The highest BCUT2D eigenvalue weighted by molar-refractivity contribution is 5.09. The molecule has 0 unspecified atom stereocenters. The van der Waals surface area contributed by atoms with Crippen LogP contribution in [-0.4, -0.2) is 9.78 Å². The molecule has 1 aromatic rings. The Bertz CT molecular complexity index is 290. The first kappa shape index (κ1) is 9.75. The monoisotopic (exact) mass is 192 g/mol. The first-order valence-electron chi connectivity index (χ1n) is 5.77. The Hall–Kier alpha value is -0.790. The van der Waals surface area contributed by atoms with Gasteiger partial charge in [-0.15, -0.1) is 0 Å². The van der Waals surface area contributed by atoms with Gasteiger partial charge in [-0.2, -0.15) is 5.10 Å². The molecule has 0 spiro atoms. The Kier molecular flexibility index (Phi) is 2.90. The summed E-state index contributed by atoms with van der Waals surface area (Å²) in [5.74, 6) is 1.57. The molecule has 1 fully saturated rings. The summed E-state index contributed by atoms with van der Waals surface area (Å²) in [6, 6.07) is 2.19. The molecular weight excluding hydrogens is 172 g/mol. The van der Waals surface area contributed by atoms with Gasteiger partial charge in [0.1, 0.15) is 0 Å². The smallest absolute Gasteiger partial charge is 0.0492 e. The maximum atomic E-state index is 4.27. The number of rotatable bonds is 1. The molecule has 1 aliphatic rings. The van der Waals surface area contributed by atoms with Gasteiger partial charge in [-0.25, -0.2) is 0 Å². The predicted octanol–water partition coefficient (Wildman–Crippen LogP) is 3.10. The summed E-state index contributed by atoms with van der Waals surface area (Å²) in [5, 5.41) is 4.27. The van der Waals surface area contributed by atoms with Crippen LogP contribution in [0.5, 0.6) is 0 Å². The molecule has 0 N–H and O–H groups in total. The van der Waals surface area contributed by atoms with Crippen molar-refractivity contribution < 1.29 is 0 Å². The van der Waals surface area contributed by atoms with E-state index < -0.39 is 0 Å². The summed E-state index contributed by atoms with van der Waals surface area (Å²) in [7, 11) is 2.06. The molecule has 0 bridgehead atoms. The van der Waals surface area contributed by atoms with Crippen molar-refractivity contribution in [2.75, 3.05) is 0 Å². The van der Waals surface area contributed by atoms with Gasteiger partial charge < -0.3 is 0 Å². The van der Waals surface area contributed by atoms with Crippen LogP contribution in [0, 0.1) is 5.92 Å². The van der Waals surface area contributed by atoms with Crippen LogP contribution in [0.4, 0.5) is 0 Å². The second kappa shape index (κ2) is 4.16. The summed E-state index contributed by atoms with van der Waals surface area (Å²) in [6.45, 7) is 2.39. The van der Waals surface area contributed by atoms with E-state index in [4.69, 9.17) is 0 Å². The van der Waals surface area contributed by atoms with Gasteiger partial charge in [-0.05, 0) is 18.4 Å². The molecule has 0 amide bonds. The topological polar surface area (TPSA) is 17.8 Å². The zero-order valence-corrected chi connectivity index (χ0v) is 9.24. The average molecular weight is 192 g/mol. The lowest BCUT2D eigenvalue weighted by Gasteiger charge is -2.21. The first-order valence-corrected chi connectivity index (χ1v) is 5.77. The van der Waals surface area contributed by atoms with E-state index in [2.05, 4.69) is 25.1 Å². The lowest BCUT2D eigenvalue weighted by molar-refractivity contribution is 0.413. The van der Waals surface area contributed by atoms with Crippen molar-refractivity contribution in [3.05, 3.63) is 18.0 Å². The molecule has 0 aromatic carbocycles. The molecule has 2 rings (SSSR count). The van der Waals surface area contributed by atoms with Crippen LogP contribution in [0.15, 0.2) is 12.3 Å². The second-order valence-corrected chi connectivity index (χ2v) is 4.60.